The lowest BCUT2D eigenvalue weighted by atomic mass is 10.2. The monoisotopic (exact) mass is 378 g/mol. The van der Waals surface area contributed by atoms with E-state index in [1.54, 1.807) is 47.6 Å². The van der Waals surface area contributed by atoms with E-state index in [0.29, 0.717) is 18.5 Å². The molecule has 0 atom stereocenters. The molecule has 0 bridgehead atoms. The summed E-state index contributed by atoms with van der Waals surface area (Å²) in [5.41, 5.74) is -0.747. The minimum Gasteiger partial charge on any atom is -0.444 e. The van der Waals surface area contributed by atoms with E-state index in [9.17, 15) is 14.0 Å². The van der Waals surface area contributed by atoms with Crippen LogP contribution in [0.3, 0.4) is 0 Å². The van der Waals surface area contributed by atoms with Gasteiger partial charge in [0.1, 0.15) is 17.0 Å². The lowest BCUT2D eigenvalue weighted by Gasteiger charge is -2.19. The molecule has 1 aromatic rings. The van der Waals surface area contributed by atoms with Gasteiger partial charge >= 0.3 is 12.2 Å². The van der Waals surface area contributed by atoms with Crippen LogP contribution in [0.5, 0.6) is 0 Å². The van der Waals surface area contributed by atoms with E-state index < -0.39 is 29.2 Å². The Labute approximate surface area is 159 Å². The summed E-state index contributed by atoms with van der Waals surface area (Å²) in [6.45, 7) is 10.8. The summed E-state index contributed by atoms with van der Waals surface area (Å²) in [5.74, 6) is 5.03. The van der Waals surface area contributed by atoms with E-state index in [4.69, 9.17) is 9.47 Å². The number of carbonyl (C=O) groups excluding carboxylic acids is 2. The van der Waals surface area contributed by atoms with Gasteiger partial charge in [-0.2, -0.15) is 0 Å². The van der Waals surface area contributed by atoms with Crippen molar-refractivity contribution in [1.29, 1.82) is 0 Å². The van der Waals surface area contributed by atoms with Crippen LogP contribution < -0.4 is 10.6 Å². The van der Waals surface area contributed by atoms with Gasteiger partial charge in [-0.25, -0.2) is 14.0 Å². The highest BCUT2D eigenvalue weighted by Crippen LogP contribution is 2.17. The van der Waals surface area contributed by atoms with Gasteiger partial charge in [0.05, 0.1) is 5.69 Å². The number of hydrogen-bond donors (Lipinski definition) is 2. The smallest absolute Gasteiger partial charge is 0.412 e. The third kappa shape index (κ3) is 10.1. The largest absolute Gasteiger partial charge is 0.444 e. The van der Waals surface area contributed by atoms with E-state index in [1.807, 2.05) is 0 Å². The van der Waals surface area contributed by atoms with Gasteiger partial charge in [0.15, 0.2) is 0 Å². The maximum Gasteiger partial charge on any atom is 0.412 e. The zero-order chi connectivity index (χ0) is 20.7. The summed E-state index contributed by atoms with van der Waals surface area (Å²) in [5, 5.41) is 4.94. The molecular weight excluding hydrogens is 351 g/mol. The van der Waals surface area contributed by atoms with Gasteiger partial charge in [-0.1, -0.05) is 11.8 Å². The summed E-state index contributed by atoms with van der Waals surface area (Å²) in [6.07, 6.45) is -0.847. The number of ether oxygens (including phenoxy) is 2. The first-order chi connectivity index (χ1) is 12.4. The average Bonchev–Trinajstić information content (AvgIpc) is 2.45. The number of halogens is 1. The molecule has 1 rings (SSSR count). The molecule has 148 valence electrons. The average molecular weight is 378 g/mol. The van der Waals surface area contributed by atoms with Crippen molar-refractivity contribution in [3.05, 3.63) is 29.6 Å². The molecule has 0 aliphatic heterocycles. The zero-order valence-electron chi connectivity index (χ0n) is 16.7. The Hall–Kier alpha value is -2.75. The molecule has 1 aromatic carbocycles. The first-order valence-corrected chi connectivity index (χ1v) is 8.61. The molecule has 0 saturated carbocycles. The van der Waals surface area contributed by atoms with Crippen LogP contribution >= 0.6 is 0 Å². The fourth-order valence-corrected chi connectivity index (χ4v) is 1.81. The number of benzene rings is 1. The summed E-state index contributed by atoms with van der Waals surface area (Å²) in [6, 6.07) is 4.23. The van der Waals surface area contributed by atoms with Crippen molar-refractivity contribution >= 4 is 17.9 Å². The molecule has 27 heavy (non-hydrogen) atoms. The van der Waals surface area contributed by atoms with Crippen LogP contribution in [0.4, 0.5) is 19.7 Å². The molecule has 2 N–H and O–H groups in total. The normalized spacial score (nSPS) is 11.1. The maximum atomic E-state index is 14.1. The number of carbonyl (C=O) groups is 2. The molecule has 0 spiro atoms. The molecular formula is C20H27FN2O4. The Morgan fingerprint density at radius 1 is 1.04 bits per heavy atom. The van der Waals surface area contributed by atoms with Crippen LogP contribution in [0.15, 0.2) is 18.2 Å². The van der Waals surface area contributed by atoms with Crippen molar-refractivity contribution in [2.75, 3.05) is 11.9 Å². The van der Waals surface area contributed by atoms with Crippen molar-refractivity contribution in [2.24, 2.45) is 0 Å². The predicted molar refractivity (Wildman–Crippen MR) is 102 cm³/mol. The second-order valence-electron chi connectivity index (χ2n) is 7.80. The second-order valence-corrected chi connectivity index (χ2v) is 7.80. The molecule has 6 nitrogen and oxygen atoms in total. The Balaban J connectivity index is 2.52. The van der Waals surface area contributed by atoms with Crippen LogP contribution in [0, 0.1) is 17.7 Å². The molecule has 0 aliphatic rings. The van der Waals surface area contributed by atoms with Crippen molar-refractivity contribution in [1.82, 2.24) is 5.32 Å². The zero-order valence-corrected chi connectivity index (χ0v) is 16.7. The van der Waals surface area contributed by atoms with E-state index in [0.717, 1.165) is 0 Å². The summed E-state index contributed by atoms with van der Waals surface area (Å²) in [4.78, 5) is 23.2. The minimum atomic E-state index is -0.728. The van der Waals surface area contributed by atoms with Gasteiger partial charge in [0, 0.05) is 18.5 Å². The van der Waals surface area contributed by atoms with Crippen molar-refractivity contribution in [3.63, 3.8) is 0 Å². The third-order valence-electron chi connectivity index (χ3n) is 2.76. The van der Waals surface area contributed by atoms with Gasteiger partial charge in [-0.3, -0.25) is 5.32 Å². The number of anilines is 1. The quantitative estimate of drug-likeness (QED) is 0.602. The molecule has 2 amide bonds. The first-order valence-electron chi connectivity index (χ1n) is 8.61. The molecule has 7 heteroatoms. The van der Waals surface area contributed by atoms with Gasteiger partial charge in [0.2, 0.25) is 0 Å². The number of alkyl carbamates (subject to hydrolysis) is 1. The van der Waals surface area contributed by atoms with Gasteiger partial charge < -0.3 is 14.8 Å². The first kappa shape index (κ1) is 22.3. The van der Waals surface area contributed by atoms with Crippen LogP contribution in [-0.4, -0.2) is 29.9 Å². The third-order valence-corrected chi connectivity index (χ3v) is 2.76. The van der Waals surface area contributed by atoms with E-state index in [-0.39, 0.29) is 5.69 Å². The molecule has 0 radical (unpaired) electrons. The van der Waals surface area contributed by atoms with Gasteiger partial charge in [-0.05, 0) is 59.7 Å². The van der Waals surface area contributed by atoms with E-state index in [2.05, 4.69) is 22.5 Å². The van der Waals surface area contributed by atoms with Crippen LogP contribution in [-0.2, 0) is 9.47 Å². The van der Waals surface area contributed by atoms with Crippen LogP contribution in [0.2, 0.25) is 0 Å². The summed E-state index contributed by atoms with van der Waals surface area (Å²) in [7, 11) is 0. The van der Waals surface area contributed by atoms with Crippen LogP contribution in [0.25, 0.3) is 0 Å². The minimum absolute atomic E-state index is 0.0152. The highest BCUT2D eigenvalue weighted by Gasteiger charge is 2.17. The lowest BCUT2D eigenvalue weighted by molar-refractivity contribution is 0.0528. The highest BCUT2D eigenvalue weighted by molar-refractivity contribution is 5.85. The molecule has 0 heterocycles. The maximum absolute atomic E-state index is 14.1. The standard InChI is InChI=1S/C20H27FN2O4/c1-19(2,3)26-17(24)22-12-8-7-9-14-10-11-16(15(21)13-14)23-18(25)27-20(4,5)6/h10-11,13H,8,12H2,1-6H3,(H,22,24)(H,23,25). The number of amides is 2. The van der Waals surface area contributed by atoms with Crippen molar-refractivity contribution in [2.45, 2.75) is 59.2 Å². The number of hydrogen-bond acceptors (Lipinski definition) is 4. The molecule has 0 fully saturated rings. The Kier molecular flexibility index (Phi) is 7.65. The summed E-state index contributed by atoms with van der Waals surface area (Å²) < 4.78 is 24.2. The van der Waals surface area contributed by atoms with E-state index >= 15 is 0 Å². The second kappa shape index (κ2) is 9.26. The Morgan fingerprint density at radius 2 is 1.63 bits per heavy atom. The molecule has 0 saturated heterocycles. The molecule has 0 unspecified atom stereocenters. The number of nitrogens with one attached hydrogen (secondary N) is 2. The highest BCUT2D eigenvalue weighted by atomic mass is 19.1. The van der Waals surface area contributed by atoms with Crippen molar-refractivity contribution in [3.8, 4) is 11.8 Å². The Bertz CT molecular complexity index is 737. The summed E-state index contributed by atoms with van der Waals surface area (Å²) >= 11 is 0. The lowest BCUT2D eigenvalue weighted by Crippen LogP contribution is -2.32. The van der Waals surface area contributed by atoms with Crippen molar-refractivity contribution < 1.29 is 23.5 Å². The molecule has 0 aromatic heterocycles. The van der Waals surface area contributed by atoms with Crippen LogP contribution in [0.1, 0.15) is 53.5 Å². The fraction of sp³-hybridized carbons (Fsp3) is 0.500. The van der Waals surface area contributed by atoms with Gasteiger partial charge in [-0.15, -0.1) is 0 Å². The topological polar surface area (TPSA) is 76.7 Å². The van der Waals surface area contributed by atoms with Gasteiger partial charge in [0.25, 0.3) is 0 Å². The predicted octanol–water partition coefficient (Wildman–Crippen LogP) is 4.44. The molecule has 0 aliphatic carbocycles. The Morgan fingerprint density at radius 3 is 2.19 bits per heavy atom. The SMILES string of the molecule is CC(C)(C)OC(=O)NCCC#Cc1ccc(NC(=O)OC(C)(C)C)c(F)c1. The fourth-order valence-electron chi connectivity index (χ4n) is 1.81. The van der Waals surface area contributed by atoms with E-state index in [1.165, 1.54) is 12.1 Å². The number of rotatable bonds is 3.